The Morgan fingerprint density at radius 1 is 1.65 bits per heavy atom. The Labute approximate surface area is 102 Å². The van der Waals surface area contributed by atoms with Crippen LogP contribution >= 0.6 is 0 Å². The predicted octanol–water partition coefficient (Wildman–Crippen LogP) is 0.438. The SMILES string of the molecule is CN(C)C(=O)Cn1cncc1C1CCCNC1. The van der Waals surface area contributed by atoms with Crippen molar-refractivity contribution in [2.24, 2.45) is 0 Å². The summed E-state index contributed by atoms with van der Waals surface area (Å²) in [5.41, 5.74) is 1.17. The summed E-state index contributed by atoms with van der Waals surface area (Å²) in [5.74, 6) is 0.592. The van der Waals surface area contributed by atoms with Gasteiger partial charge in [0.2, 0.25) is 5.91 Å². The van der Waals surface area contributed by atoms with Crippen molar-refractivity contribution in [3.8, 4) is 0 Å². The minimum absolute atomic E-state index is 0.105. The molecule has 1 atom stereocenters. The number of nitrogens with one attached hydrogen (secondary N) is 1. The highest BCUT2D eigenvalue weighted by atomic mass is 16.2. The van der Waals surface area contributed by atoms with Gasteiger partial charge >= 0.3 is 0 Å². The van der Waals surface area contributed by atoms with E-state index in [1.807, 2.05) is 10.8 Å². The molecule has 0 saturated carbocycles. The molecule has 1 aliphatic rings. The quantitative estimate of drug-likeness (QED) is 0.828. The number of nitrogens with zero attached hydrogens (tertiary/aromatic N) is 3. The van der Waals surface area contributed by atoms with Crippen LogP contribution in [0.25, 0.3) is 0 Å². The van der Waals surface area contributed by atoms with E-state index in [9.17, 15) is 4.79 Å². The topological polar surface area (TPSA) is 50.2 Å². The lowest BCUT2D eigenvalue weighted by atomic mass is 9.96. The molecule has 1 aliphatic heterocycles. The first kappa shape index (κ1) is 12.1. The van der Waals surface area contributed by atoms with E-state index in [1.165, 1.54) is 18.5 Å². The maximum absolute atomic E-state index is 11.7. The van der Waals surface area contributed by atoms with Crippen molar-refractivity contribution >= 4 is 5.91 Å². The third kappa shape index (κ3) is 2.85. The zero-order valence-electron chi connectivity index (χ0n) is 10.5. The van der Waals surface area contributed by atoms with Gasteiger partial charge in [0, 0.05) is 38.4 Å². The van der Waals surface area contributed by atoms with Crippen LogP contribution in [-0.4, -0.2) is 47.5 Å². The van der Waals surface area contributed by atoms with Crippen molar-refractivity contribution in [1.29, 1.82) is 0 Å². The molecule has 0 spiro atoms. The number of hydrogen-bond donors (Lipinski definition) is 1. The first-order valence-corrected chi connectivity index (χ1v) is 6.09. The molecule has 1 amide bonds. The standard InChI is InChI=1S/C12H20N4O/c1-15(2)12(17)8-16-9-14-7-11(16)10-4-3-5-13-6-10/h7,9-10,13H,3-6,8H2,1-2H3. The molecule has 0 radical (unpaired) electrons. The fraction of sp³-hybridized carbons (Fsp3) is 0.667. The van der Waals surface area contributed by atoms with E-state index in [4.69, 9.17) is 0 Å². The van der Waals surface area contributed by atoms with E-state index in [2.05, 4.69) is 10.3 Å². The molecular weight excluding hydrogens is 216 g/mol. The molecule has 1 aromatic rings. The van der Waals surface area contributed by atoms with Crippen LogP contribution in [0.15, 0.2) is 12.5 Å². The zero-order valence-corrected chi connectivity index (χ0v) is 10.5. The Hall–Kier alpha value is -1.36. The maximum Gasteiger partial charge on any atom is 0.242 e. The van der Waals surface area contributed by atoms with Crippen LogP contribution in [0.2, 0.25) is 0 Å². The van der Waals surface area contributed by atoms with Crippen LogP contribution in [0.1, 0.15) is 24.5 Å². The summed E-state index contributed by atoms with van der Waals surface area (Å²) in [7, 11) is 3.56. The highest BCUT2D eigenvalue weighted by Gasteiger charge is 2.19. The van der Waals surface area contributed by atoms with Crippen LogP contribution in [0, 0.1) is 0 Å². The fourth-order valence-electron chi connectivity index (χ4n) is 2.19. The number of rotatable bonds is 3. The van der Waals surface area contributed by atoms with E-state index >= 15 is 0 Å². The van der Waals surface area contributed by atoms with Crippen molar-refractivity contribution in [2.75, 3.05) is 27.2 Å². The van der Waals surface area contributed by atoms with Gasteiger partial charge in [0.1, 0.15) is 6.54 Å². The fourth-order valence-corrected chi connectivity index (χ4v) is 2.19. The first-order valence-electron chi connectivity index (χ1n) is 6.09. The molecule has 1 unspecified atom stereocenters. The van der Waals surface area contributed by atoms with Crippen LogP contribution in [-0.2, 0) is 11.3 Å². The van der Waals surface area contributed by atoms with Gasteiger partial charge in [0.25, 0.3) is 0 Å². The van der Waals surface area contributed by atoms with Gasteiger partial charge in [-0.15, -0.1) is 0 Å². The van der Waals surface area contributed by atoms with E-state index in [-0.39, 0.29) is 5.91 Å². The van der Waals surface area contributed by atoms with Crippen molar-refractivity contribution in [3.05, 3.63) is 18.2 Å². The van der Waals surface area contributed by atoms with Crippen molar-refractivity contribution in [3.63, 3.8) is 0 Å². The predicted molar refractivity (Wildman–Crippen MR) is 65.8 cm³/mol. The smallest absolute Gasteiger partial charge is 0.242 e. The number of carbonyl (C=O) groups excluding carboxylic acids is 1. The van der Waals surface area contributed by atoms with E-state index < -0.39 is 0 Å². The van der Waals surface area contributed by atoms with Crippen LogP contribution in [0.4, 0.5) is 0 Å². The molecule has 2 rings (SSSR count). The molecule has 17 heavy (non-hydrogen) atoms. The highest BCUT2D eigenvalue weighted by Crippen LogP contribution is 2.22. The average molecular weight is 236 g/mol. The Morgan fingerprint density at radius 2 is 2.47 bits per heavy atom. The van der Waals surface area contributed by atoms with Gasteiger partial charge < -0.3 is 14.8 Å². The maximum atomic E-state index is 11.7. The molecular formula is C12H20N4O. The highest BCUT2D eigenvalue weighted by molar-refractivity contribution is 5.75. The first-order chi connectivity index (χ1) is 8.18. The Kier molecular flexibility index (Phi) is 3.78. The van der Waals surface area contributed by atoms with Crippen molar-refractivity contribution in [2.45, 2.75) is 25.3 Å². The van der Waals surface area contributed by atoms with Gasteiger partial charge in [-0.25, -0.2) is 4.98 Å². The normalized spacial score (nSPS) is 20.2. The van der Waals surface area contributed by atoms with Gasteiger partial charge in [-0.3, -0.25) is 4.79 Å². The number of piperidine rings is 1. The van der Waals surface area contributed by atoms with Crippen molar-refractivity contribution < 1.29 is 4.79 Å². The molecule has 0 bridgehead atoms. The third-order valence-corrected chi connectivity index (χ3v) is 3.26. The summed E-state index contributed by atoms with van der Waals surface area (Å²) < 4.78 is 1.97. The lowest BCUT2D eigenvalue weighted by Gasteiger charge is -2.24. The average Bonchev–Trinajstić information content (AvgIpc) is 2.78. The molecule has 1 fully saturated rings. The molecule has 5 heteroatoms. The van der Waals surface area contributed by atoms with Crippen molar-refractivity contribution in [1.82, 2.24) is 19.8 Å². The summed E-state index contributed by atoms with van der Waals surface area (Å²) in [6.07, 6.45) is 6.01. The molecule has 94 valence electrons. The Morgan fingerprint density at radius 3 is 3.12 bits per heavy atom. The Bertz CT molecular complexity index is 380. The van der Waals surface area contributed by atoms with E-state index in [1.54, 1.807) is 25.3 Å². The molecule has 5 nitrogen and oxygen atoms in total. The summed E-state index contributed by atoms with van der Waals surface area (Å²) in [5, 5.41) is 3.39. The summed E-state index contributed by atoms with van der Waals surface area (Å²) in [6, 6.07) is 0. The van der Waals surface area contributed by atoms with Gasteiger partial charge in [0.15, 0.2) is 0 Å². The summed E-state index contributed by atoms with van der Waals surface area (Å²) in [6.45, 7) is 2.47. The number of amides is 1. The number of likely N-dealkylation sites (N-methyl/N-ethyl adjacent to an activating group) is 1. The van der Waals surface area contributed by atoms with Gasteiger partial charge in [-0.05, 0) is 19.4 Å². The van der Waals surface area contributed by atoms with Gasteiger partial charge in [0.05, 0.1) is 6.33 Å². The monoisotopic (exact) mass is 236 g/mol. The van der Waals surface area contributed by atoms with Gasteiger partial charge in [-0.2, -0.15) is 0 Å². The largest absolute Gasteiger partial charge is 0.347 e. The second-order valence-electron chi connectivity index (χ2n) is 4.78. The molecule has 0 aliphatic carbocycles. The molecule has 1 aromatic heterocycles. The van der Waals surface area contributed by atoms with E-state index in [0.717, 1.165) is 13.1 Å². The minimum Gasteiger partial charge on any atom is -0.347 e. The molecule has 1 saturated heterocycles. The second-order valence-corrected chi connectivity index (χ2v) is 4.78. The van der Waals surface area contributed by atoms with Crippen LogP contribution in [0.5, 0.6) is 0 Å². The van der Waals surface area contributed by atoms with E-state index in [0.29, 0.717) is 12.5 Å². The summed E-state index contributed by atoms with van der Waals surface area (Å²) in [4.78, 5) is 17.5. The number of hydrogen-bond acceptors (Lipinski definition) is 3. The number of imidazole rings is 1. The van der Waals surface area contributed by atoms with Crippen LogP contribution in [0.3, 0.4) is 0 Å². The second kappa shape index (κ2) is 5.31. The third-order valence-electron chi connectivity index (χ3n) is 3.26. The van der Waals surface area contributed by atoms with Gasteiger partial charge in [-0.1, -0.05) is 0 Å². The molecule has 1 N–H and O–H groups in total. The molecule has 0 aromatic carbocycles. The number of aromatic nitrogens is 2. The Balaban J connectivity index is 2.08. The number of carbonyl (C=O) groups is 1. The minimum atomic E-state index is 0.105. The molecule has 2 heterocycles. The zero-order chi connectivity index (χ0) is 12.3. The lowest BCUT2D eigenvalue weighted by Crippen LogP contribution is -2.31. The lowest BCUT2D eigenvalue weighted by molar-refractivity contribution is -0.129. The van der Waals surface area contributed by atoms with Crippen LogP contribution < -0.4 is 5.32 Å². The summed E-state index contributed by atoms with van der Waals surface area (Å²) >= 11 is 0.